The van der Waals surface area contributed by atoms with E-state index in [1.807, 2.05) is 89.8 Å². The lowest BCUT2D eigenvalue weighted by Gasteiger charge is -2.37. The third kappa shape index (κ3) is 5.07. The van der Waals surface area contributed by atoms with Crippen LogP contribution in [0.25, 0.3) is 0 Å². The van der Waals surface area contributed by atoms with Crippen molar-refractivity contribution in [3.05, 3.63) is 102 Å². The summed E-state index contributed by atoms with van der Waals surface area (Å²) in [6, 6.07) is 25.7. The molecule has 0 aromatic heterocycles. The monoisotopic (exact) mass is 501 g/mol. The van der Waals surface area contributed by atoms with Gasteiger partial charge < -0.3 is 19.1 Å². The number of hydrogen-bond donors (Lipinski definition) is 0. The Balaban J connectivity index is 1.97. The van der Waals surface area contributed by atoms with Gasteiger partial charge in [-0.1, -0.05) is 78.9 Å². The van der Waals surface area contributed by atoms with Crippen LogP contribution in [0.3, 0.4) is 0 Å². The second-order valence-corrected chi connectivity index (χ2v) is 8.67. The molecule has 0 bridgehead atoms. The number of carbonyl (C=O) groups excluding carboxylic acids is 3. The summed E-state index contributed by atoms with van der Waals surface area (Å²) in [5.41, 5.74) is 3.31. The minimum atomic E-state index is -1.35. The Bertz CT molecular complexity index is 1170. The lowest BCUT2D eigenvalue weighted by atomic mass is 9.82. The smallest absolute Gasteiger partial charge is 0.329 e. The van der Waals surface area contributed by atoms with Crippen LogP contribution in [0.2, 0.25) is 0 Å². The number of esters is 3. The van der Waals surface area contributed by atoms with Gasteiger partial charge in [-0.05, 0) is 36.6 Å². The number of rotatable bonds is 9. The van der Waals surface area contributed by atoms with Gasteiger partial charge in [0, 0.05) is 11.6 Å². The molecule has 0 N–H and O–H groups in total. The number of ether oxygens (including phenoxy) is 3. The van der Waals surface area contributed by atoms with E-state index in [1.165, 1.54) is 7.11 Å². The first kappa shape index (κ1) is 25.9. The van der Waals surface area contributed by atoms with Gasteiger partial charge in [-0.15, -0.1) is 0 Å². The molecule has 0 unspecified atom stereocenters. The molecule has 7 nitrogen and oxygen atoms in total. The molecule has 0 amide bonds. The van der Waals surface area contributed by atoms with Gasteiger partial charge in [0.2, 0.25) is 0 Å². The van der Waals surface area contributed by atoms with Crippen LogP contribution >= 0.6 is 0 Å². The van der Waals surface area contributed by atoms with Gasteiger partial charge in [0.1, 0.15) is 6.04 Å². The third-order valence-corrected chi connectivity index (χ3v) is 6.61. The van der Waals surface area contributed by atoms with E-state index in [0.717, 1.165) is 16.8 Å². The Morgan fingerprint density at radius 2 is 1.24 bits per heavy atom. The first-order valence-electron chi connectivity index (χ1n) is 12.4. The molecule has 0 saturated heterocycles. The van der Waals surface area contributed by atoms with Gasteiger partial charge in [0.25, 0.3) is 0 Å². The summed E-state index contributed by atoms with van der Waals surface area (Å²) in [6.07, 6.45) is 0. The summed E-state index contributed by atoms with van der Waals surface area (Å²) in [5, 5.41) is 0. The summed E-state index contributed by atoms with van der Waals surface area (Å²) in [5.74, 6) is -4.24. The Morgan fingerprint density at radius 3 is 1.73 bits per heavy atom. The Morgan fingerprint density at radius 1 is 0.757 bits per heavy atom. The quantitative estimate of drug-likeness (QED) is 0.240. The van der Waals surface area contributed by atoms with Crippen LogP contribution in [0, 0.1) is 5.92 Å². The number of nitrogens with zero attached hydrogens (tertiary/aromatic N) is 1. The zero-order chi connectivity index (χ0) is 26.4. The van der Waals surface area contributed by atoms with Crippen LogP contribution in [0.4, 0.5) is 5.69 Å². The van der Waals surface area contributed by atoms with Crippen LogP contribution < -0.4 is 4.90 Å². The fourth-order valence-corrected chi connectivity index (χ4v) is 5.18. The van der Waals surface area contributed by atoms with Gasteiger partial charge in [0.05, 0.1) is 26.4 Å². The third-order valence-electron chi connectivity index (χ3n) is 6.61. The number of methoxy groups -OCH3 is 1. The van der Waals surface area contributed by atoms with E-state index in [2.05, 4.69) is 0 Å². The first-order valence-corrected chi connectivity index (χ1v) is 12.4. The topological polar surface area (TPSA) is 82.1 Å². The highest BCUT2D eigenvalue weighted by Gasteiger charge is 2.54. The van der Waals surface area contributed by atoms with Gasteiger partial charge >= 0.3 is 17.9 Å². The van der Waals surface area contributed by atoms with E-state index >= 15 is 0 Å². The standard InChI is InChI=1S/C30H31NO6/c1-4-36-28(32)25(29(33)37-5-2)24-22-18-12-13-19-23(22)31(27(24)30(34)35-3)26(20-14-8-6-9-15-20)21-16-10-7-11-17-21/h6-19,24-27H,4-5H2,1-3H3/t24-,27-/m0/s1. The van der Waals surface area contributed by atoms with Gasteiger partial charge in [-0.3, -0.25) is 9.59 Å². The SMILES string of the molecule is CCOC(=O)C(C(=O)OCC)[C@@H]1c2ccccc2N(C(c2ccccc2)c2ccccc2)[C@@H]1C(=O)OC. The van der Waals surface area contributed by atoms with Crippen molar-refractivity contribution in [2.45, 2.75) is 31.8 Å². The van der Waals surface area contributed by atoms with E-state index in [1.54, 1.807) is 13.8 Å². The first-order chi connectivity index (χ1) is 18.0. The maximum Gasteiger partial charge on any atom is 0.329 e. The Kier molecular flexibility index (Phi) is 8.23. The fraction of sp³-hybridized carbons (Fsp3) is 0.300. The van der Waals surface area contributed by atoms with E-state index < -0.39 is 41.8 Å². The van der Waals surface area contributed by atoms with Crippen LogP contribution in [0.5, 0.6) is 0 Å². The van der Waals surface area contributed by atoms with Crippen molar-refractivity contribution in [3.63, 3.8) is 0 Å². The minimum absolute atomic E-state index is 0.0896. The maximum absolute atomic E-state index is 13.6. The lowest BCUT2D eigenvalue weighted by Crippen LogP contribution is -2.48. The zero-order valence-corrected chi connectivity index (χ0v) is 21.2. The summed E-state index contributed by atoms with van der Waals surface area (Å²) in [6.45, 7) is 3.53. The highest BCUT2D eigenvalue weighted by Crippen LogP contribution is 2.50. The maximum atomic E-state index is 13.6. The molecule has 3 aromatic rings. The Labute approximate surface area is 217 Å². The van der Waals surface area contributed by atoms with Crippen LogP contribution in [0.15, 0.2) is 84.9 Å². The average molecular weight is 502 g/mol. The molecule has 2 atom stereocenters. The molecule has 4 rings (SSSR count). The zero-order valence-electron chi connectivity index (χ0n) is 21.2. The van der Waals surface area contributed by atoms with Crippen LogP contribution in [-0.4, -0.2) is 44.3 Å². The average Bonchev–Trinajstić information content (AvgIpc) is 3.24. The van der Waals surface area contributed by atoms with E-state index in [-0.39, 0.29) is 13.2 Å². The lowest BCUT2D eigenvalue weighted by molar-refractivity contribution is -0.163. The summed E-state index contributed by atoms with van der Waals surface area (Å²) >= 11 is 0. The molecule has 1 aliphatic heterocycles. The van der Waals surface area contributed by atoms with Crippen LogP contribution in [0.1, 0.15) is 42.5 Å². The molecule has 1 aliphatic rings. The van der Waals surface area contributed by atoms with Crippen molar-refractivity contribution in [3.8, 4) is 0 Å². The predicted octanol–water partition coefficient (Wildman–Crippen LogP) is 4.66. The number of anilines is 1. The molecule has 37 heavy (non-hydrogen) atoms. The van der Waals surface area contributed by atoms with E-state index in [0.29, 0.717) is 5.56 Å². The molecular formula is C30H31NO6. The fourth-order valence-electron chi connectivity index (χ4n) is 5.18. The molecule has 1 heterocycles. The van der Waals surface area contributed by atoms with Crippen LogP contribution in [-0.2, 0) is 28.6 Å². The van der Waals surface area contributed by atoms with Gasteiger partial charge in [-0.2, -0.15) is 0 Å². The highest BCUT2D eigenvalue weighted by atomic mass is 16.6. The van der Waals surface area contributed by atoms with Gasteiger partial charge in [0.15, 0.2) is 5.92 Å². The minimum Gasteiger partial charge on any atom is -0.467 e. The largest absolute Gasteiger partial charge is 0.467 e. The Hall–Kier alpha value is -4.13. The highest BCUT2D eigenvalue weighted by molar-refractivity contribution is 5.99. The number of para-hydroxylation sites is 1. The molecular weight excluding hydrogens is 470 g/mol. The molecule has 0 fully saturated rings. The van der Waals surface area contributed by atoms with Crippen molar-refractivity contribution in [1.29, 1.82) is 0 Å². The molecule has 0 saturated carbocycles. The second kappa shape index (κ2) is 11.7. The number of fused-ring (bicyclic) bond motifs is 1. The number of benzene rings is 3. The van der Waals surface area contributed by atoms with Crippen molar-refractivity contribution in [2.75, 3.05) is 25.2 Å². The number of hydrogen-bond acceptors (Lipinski definition) is 7. The normalized spacial score (nSPS) is 16.4. The van der Waals surface area contributed by atoms with Crippen molar-refractivity contribution in [2.24, 2.45) is 5.92 Å². The second-order valence-electron chi connectivity index (χ2n) is 8.67. The molecule has 192 valence electrons. The van der Waals surface area contributed by atoms with E-state index in [4.69, 9.17) is 14.2 Å². The molecule has 3 aromatic carbocycles. The molecule has 7 heteroatoms. The predicted molar refractivity (Wildman–Crippen MR) is 139 cm³/mol. The summed E-state index contributed by atoms with van der Waals surface area (Å²) in [7, 11) is 1.31. The van der Waals surface area contributed by atoms with Crippen molar-refractivity contribution >= 4 is 23.6 Å². The van der Waals surface area contributed by atoms with Crippen molar-refractivity contribution < 1.29 is 28.6 Å². The molecule has 0 radical (unpaired) electrons. The summed E-state index contributed by atoms with van der Waals surface area (Å²) < 4.78 is 15.9. The summed E-state index contributed by atoms with van der Waals surface area (Å²) in [4.78, 5) is 42.0. The van der Waals surface area contributed by atoms with Gasteiger partial charge in [-0.25, -0.2) is 4.79 Å². The molecule has 0 spiro atoms. The van der Waals surface area contributed by atoms with Crippen molar-refractivity contribution in [1.82, 2.24) is 0 Å². The molecule has 0 aliphatic carbocycles. The van der Waals surface area contributed by atoms with E-state index in [9.17, 15) is 14.4 Å². The number of carbonyl (C=O) groups is 3.